The number of carboxylic acid groups (broad SMARTS) is 1. The summed E-state index contributed by atoms with van der Waals surface area (Å²) in [6.07, 6.45) is 0.109. The molecule has 1 aromatic rings. The number of carboxylic acids is 1. The molecule has 9 heteroatoms. The molecule has 0 heterocycles. The number of aliphatic carboxylic acids is 1. The fourth-order valence-corrected chi connectivity index (χ4v) is 4.25. The predicted octanol–water partition coefficient (Wildman–Crippen LogP) is 0.441. The van der Waals surface area contributed by atoms with Gasteiger partial charge in [0.05, 0.1) is 4.90 Å². The van der Waals surface area contributed by atoms with E-state index in [0.717, 1.165) is 0 Å². The Morgan fingerprint density at radius 2 is 1.79 bits per heavy atom. The molecule has 134 valence electrons. The van der Waals surface area contributed by atoms with E-state index in [0.29, 0.717) is 0 Å². The molecule has 0 aliphatic rings. The molecule has 24 heavy (non-hydrogen) atoms. The molecule has 1 rings (SSSR count). The van der Waals surface area contributed by atoms with Crippen molar-refractivity contribution in [3.8, 4) is 0 Å². The van der Waals surface area contributed by atoms with Gasteiger partial charge in [-0.15, -0.1) is 0 Å². The second-order valence-corrected chi connectivity index (χ2v) is 8.42. The van der Waals surface area contributed by atoms with E-state index in [-0.39, 0.29) is 23.8 Å². The second-order valence-electron chi connectivity index (χ2n) is 6.30. The molecular formula is C15H24N4O4S. The molecule has 1 atom stereocenters. The minimum Gasteiger partial charge on any atom is -0.479 e. The molecule has 0 spiro atoms. The molecule has 0 saturated carbocycles. The van der Waals surface area contributed by atoms with Crippen LogP contribution in [0.25, 0.3) is 0 Å². The van der Waals surface area contributed by atoms with Crippen LogP contribution >= 0.6 is 0 Å². The first-order valence-electron chi connectivity index (χ1n) is 7.25. The van der Waals surface area contributed by atoms with E-state index in [1.54, 1.807) is 13.1 Å². The second kappa shape index (κ2) is 6.78. The summed E-state index contributed by atoms with van der Waals surface area (Å²) in [7, 11) is -2.79. The number of hydrogen-bond donors (Lipinski definition) is 4. The Morgan fingerprint density at radius 3 is 2.21 bits per heavy atom. The Bertz CT molecular complexity index is 718. The van der Waals surface area contributed by atoms with Crippen molar-refractivity contribution in [3.05, 3.63) is 30.3 Å². The third kappa shape index (κ3) is 3.36. The number of rotatable bonds is 7. The predicted molar refractivity (Wildman–Crippen MR) is 91.1 cm³/mol. The molecule has 0 radical (unpaired) electrons. The quantitative estimate of drug-likeness (QED) is 0.409. The molecule has 0 amide bonds. The summed E-state index contributed by atoms with van der Waals surface area (Å²) in [5, 5.41) is 17.0. The zero-order chi connectivity index (χ0) is 18.8. The highest BCUT2D eigenvalue weighted by atomic mass is 32.2. The van der Waals surface area contributed by atoms with Crippen LogP contribution in [0.5, 0.6) is 0 Å². The lowest BCUT2D eigenvalue weighted by molar-refractivity contribution is -0.143. The van der Waals surface area contributed by atoms with Crippen LogP contribution in [0.3, 0.4) is 0 Å². The Hall–Kier alpha value is -2.13. The molecule has 0 aliphatic carbocycles. The van der Waals surface area contributed by atoms with Crippen LogP contribution in [-0.4, -0.2) is 48.8 Å². The van der Waals surface area contributed by atoms with Crippen molar-refractivity contribution < 1.29 is 18.3 Å². The molecule has 0 bridgehead atoms. The zero-order valence-corrected chi connectivity index (χ0v) is 14.8. The number of benzene rings is 1. The van der Waals surface area contributed by atoms with Gasteiger partial charge in [0.15, 0.2) is 5.96 Å². The Balaban J connectivity index is 3.34. The summed E-state index contributed by atoms with van der Waals surface area (Å²) < 4.78 is 25.9. The lowest BCUT2D eigenvalue weighted by atomic mass is 9.80. The van der Waals surface area contributed by atoms with Gasteiger partial charge in [-0.2, -0.15) is 0 Å². The van der Waals surface area contributed by atoms with Crippen molar-refractivity contribution in [1.82, 2.24) is 4.90 Å². The Labute approximate surface area is 141 Å². The molecule has 0 aromatic heterocycles. The highest BCUT2D eigenvalue weighted by Crippen LogP contribution is 2.40. The largest absolute Gasteiger partial charge is 0.479 e. The number of hydrogen-bond acceptors (Lipinski definition) is 5. The Morgan fingerprint density at radius 1 is 1.29 bits per heavy atom. The SMILES string of the molecule is CN(CCC(C)(C)[C@](N)(C(=O)O)S(=O)(=O)c1ccccc1)C(=N)N. The zero-order valence-electron chi connectivity index (χ0n) is 14.0. The maximum absolute atomic E-state index is 12.9. The van der Waals surface area contributed by atoms with Gasteiger partial charge in [0, 0.05) is 19.0 Å². The summed E-state index contributed by atoms with van der Waals surface area (Å²) in [6, 6.07) is 7.28. The minimum atomic E-state index is -4.35. The fraction of sp³-hybridized carbons (Fsp3) is 0.467. The van der Waals surface area contributed by atoms with Gasteiger partial charge >= 0.3 is 5.97 Å². The van der Waals surface area contributed by atoms with E-state index in [1.807, 2.05) is 0 Å². The van der Waals surface area contributed by atoms with Crippen LogP contribution in [0.4, 0.5) is 0 Å². The number of sulfone groups is 1. The summed E-state index contributed by atoms with van der Waals surface area (Å²) in [4.78, 5) is 10.6. The topological polar surface area (TPSA) is 151 Å². The van der Waals surface area contributed by atoms with Gasteiger partial charge in [0.2, 0.25) is 14.7 Å². The van der Waals surface area contributed by atoms with Crippen LogP contribution in [0.15, 0.2) is 35.2 Å². The lowest BCUT2D eigenvalue weighted by Gasteiger charge is -2.40. The van der Waals surface area contributed by atoms with Crippen LogP contribution in [-0.2, 0) is 14.6 Å². The third-order valence-corrected chi connectivity index (χ3v) is 6.75. The van der Waals surface area contributed by atoms with Gasteiger partial charge < -0.3 is 21.5 Å². The van der Waals surface area contributed by atoms with Crippen molar-refractivity contribution in [1.29, 1.82) is 5.41 Å². The standard InChI is InChI=1S/C15H24N4O4S/c1-14(2,9-10-19(3)13(16)17)15(18,12(20)21)24(22,23)11-7-5-4-6-8-11/h4-8H,9-10,18H2,1-3H3,(H3,16,17)(H,20,21)/t15-/m0/s1. The molecule has 8 nitrogen and oxygen atoms in total. The third-order valence-electron chi connectivity index (χ3n) is 4.28. The van der Waals surface area contributed by atoms with E-state index >= 15 is 0 Å². The van der Waals surface area contributed by atoms with E-state index in [1.165, 1.54) is 43.0 Å². The van der Waals surface area contributed by atoms with E-state index in [2.05, 4.69) is 0 Å². The average molecular weight is 356 g/mol. The van der Waals surface area contributed by atoms with E-state index in [4.69, 9.17) is 16.9 Å². The average Bonchev–Trinajstić information content (AvgIpc) is 2.51. The Kier molecular flexibility index (Phi) is 5.62. The van der Waals surface area contributed by atoms with E-state index < -0.39 is 26.1 Å². The first-order chi connectivity index (χ1) is 10.9. The van der Waals surface area contributed by atoms with Crippen molar-refractivity contribution in [3.63, 3.8) is 0 Å². The van der Waals surface area contributed by atoms with Crippen molar-refractivity contribution in [2.75, 3.05) is 13.6 Å². The molecule has 1 aromatic carbocycles. The minimum absolute atomic E-state index is 0.109. The first kappa shape index (κ1) is 19.9. The molecule has 0 fully saturated rings. The lowest BCUT2D eigenvalue weighted by Crippen LogP contribution is -2.64. The molecular weight excluding hydrogens is 332 g/mol. The number of carbonyl (C=O) groups is 1. The maximum Gasteiger partial charge on any atom is 0.340 e. The fourth-order valence-electron chi connectivity index (χ4n) is 2.31. The molecule has 0 saturated heterocycles. The smallest absolute Gasteiger partial charge is 0.340 e. The van der Waals surface area contributed by atoms with Gasteiger partial charge in [-0.25, -0.2) is 13.2 Å². The van der Waals surface area contributed by atoms with Crippen LogP contribution in [0.2, 0.25) is 0 Å². The molecule has 0 unspecified atom stereocenters. The summed E-state index contributed by atoms with van der Waals surface area (Å²) in [5.74, 6) is -1.82. The van der Waals surface area contributed by atoms with Crippen molar-refractivity contribution >= 4 is 21.8 Å². The first-order valence-corrected chi connectivity index (χ1v) is 8.73. The summed E-state index contributed by atoms with van der Waals surface area (Å²) in [5.41, 5.74) is 10.0. The summed E-state index contributed by atoms with van der Waals surface area (Å²) >= 11 is 0. The maximum atomic E-state index is 12.9. The van der Waals surface area contributed by atoms with E-state index in [9.17, 15) is 18.3 Å². The monoisotopic (exact) mass is 356 g/mol. The van der Waals surface area contributed by atoms with Crippen molar-refractivity contribution in [2.24, 2.45) is 16.9 Å². The summed E-state index contributed by atoms with van der Waals surface area (Å²) in [6.45, 7) is 3.16. The number of nitrogens with two attached hydrogens (primary N) is 2. The van der Waals surface area contributed by atoms with Gasteiger partial charge in [0.1, 0.15) is 0 Å². The number of nitrogens with zero attached hydrogens (tertiary/aromatic N) is 1. The number of nitrogens with one attached hydrogen (secondary N) is 1. The molecule has 0 aliphatic heterocycles. The van der Waals surface area contributed by atoms with Crippen molar-refractivity contribution in [2.45, 2.75) is 30.0 Å². The van der Waals surface area contributed by atoms with Gasteiger partial charge in [-0.3, -0.25) is 5.41 Å². The highest BCUT2D eigenvalue weighted by molar-refractivity contribution is 7.93. The van der Waals surface area contributed by atoms with Crippen LogP contribution in [0.1, 0.15) is 20.3 Å². The molecule has 6 N–H and O–H groups in total. The van der Waals surface area contributed by atoms with Gasteiger partial charge in [-0.05, 0) is 18.6 Å². The highest BCUT2D eigenvalue weighted by Gasteiger charge is 2.58. The van der Waals surface area contributed by atoms with Crippen LogP contribution in [0, 0.1) is 10.8 Å². The normalized spacial score (nSPS) is 14.7. The van der Waals surface area contributed by atoms with Gasteiger partial charge in [-0.1, -0.05) is 32.0 Å². The van der Waals surface area contributed by atoms with Crippen LogP contribution < -0.4 is 11.5 Å². The number of guanidine groups is 1. The van der Waals surface area contributed by atoms with Gasteiger partial charge in [0.25, 0.3) is 0 Å².